The summed E-state index contributed by atoms with van der Waals surface area (Å²) in [6.45, 7) is 0.284. The zero-order valence-corrected chi connectivity index (χ0v) is 11.3. The normalized spacial score (nSPS) is 9.50. The lowest BCUT2D eigenvalue weighted by Gasteiger charge is -2.05. The van der Waals surface area contributed by atoms with E-state index in [9.17, 15) is 4.79 Å². The van der Waals surface area contributed by atoms with E-state index in [1.807, 2.05) is 0 Å². The molecule has 1 aromatic heterocycles. The number of benzene rings is 1. The molecule has 0 fully saturated rings. The number of amides is 1. The molecule has 1 amide bonds. The quantitative estimate of drug-likeness (QED) is 0.832. The summed E-state index contributed by atoms with van der Waals surface area (Å²) in [5.74, 6) is 5.78. The number of carbonyl (C=O) groups is 1. The fraction of sp³-hybridized carbons (Fsp3) is 0.0667. The van der Waals surface area contributed by atoms with Gasteiger partial charge in [-0.05, 0) is 30.3 Å². The van der Waals surface area contributed by atoms with E-state index < -0.39 is 0 Å². The van der Waals surface area contributed by atoms with Crippen LogP contribution in [0.4, 0.5) is 5.82 Å². The lowest BCUT2D eigenvalue weighted by molar-refractivity contribution is 0.102. The molecule has 2 aromatic rings. The smallest absolute Gasteiger partial charge is 0.256 e. The van der Waals surface area contributed by atoms with Gasteiger partial charge in [0.15, 0.2) is 0 Å². The van der Waals surface area contributed by atoms with Crippen LogP contribution >= 0.6 is 11.6 Å². The third-order valence-electron chi connectivity index (χ3n) is 2.42. The van der Waals surface area contributed by atoms with Crippen molar-refractivity contribution >= 4 is 23.3 Å². The lowest BCUT2D eigenvalue weighted by atomic mass is 10.2. The molecule has 5 heteroatoms. The van der Waals surface area contributed by atoms with Crippen molar-refractivity contribution in [1.82, 2.24) is 4.98 Å². The molecule has 0 unspecified atom stereocenters. The molecule has 0 aliphatic rings. The highest BCUT2D eigenvalue weighted by atomic mass is 35.5. The molecule has 1 heterocycles. The summed E-state index contributed by atoms with van der Waals surface area (Å²) < 4.78 is 0. The van der Waals surface area contributed by atoms with Gasteiger partial charge in [-0.2, -0.15) is 0 Å². The highest BCUT2D eigenvalue weighted by Crippen LogP contribution is 2.13. The van der Waals surface area contributed by atoms with Crippen LogP contribution in [-0.4, -0.2) is 17.4 Å². The maximum absolute atomic E-state index is 12.0. The first-order valence-corrected chi connectivity index (χ1v) is 6.29. The van der Waals surface area contributed by atoms with E-state index in [2.05, 4.69) is 22.1 Å². The number of nitrogens with one attached hydrogen (secondary N) is 1. The van der Waals surface area contributed by atoms with Crippen molar-refractivity contribution in [2.75, 3.05) is 11.9 Å². The van der Waals surface area contributed by atoms with Crippen molar-refractivity contribution in [2.45, 2.75) is 0 Å². The SMILES string of the molecule is NCC#Cc1ccnc(NC(=O)c2cccc(Cl)c2)c1. The van der Waals surface area contributed by atoms with Gasteiger partial charge in [-0.3, -0.25) is 4.79 Å². The van der Waals surface area contributed by atoms with Gasteiger partial charge in [-0.15, -0.1) is 0 Å². The predicted molar refractivity (Wildman–Crippen MR) is 79.6 cm³/mol. The minimum Gasteiger partial charge on any atom is -0.320 e. The second-order valence-corrected chi connectivity index (χ2v) is 4.34. The molecule has 0 saturated heterocycles. The van der Waals surface area contributed by atoms with Crippen molar-refractivity contribution in [2.24, 2.45) is 5.73 Å². The summed E-state index contributed by atoms with van der Waals surface area (Å²) in [4.78, 5) is 16.1. The van der Waals surface area contributed by atoms with Crippen LogP contribution < -0.4 is 11.1 Å². The summed E-state index contributed by atoms with van der Waals surface area (Å²) in [6.07, 6.45) is 1.58. The van der Waals surface area contributed by atoms with E-state index in [4.69, 9.17) is 17.3 Å². The van der Waals surface area contributed by atoms with Gasteiger partial charge in [0.1, 0.15) is 5.82 Å². The molecule has 0 aliphatic heterocycles. The number of nitrogens with zero attached hydrogens (tertiary/aromatic N) is 1. The van der Waals surface area contributed by atoms with E-state index in [-0.39, 0.29) is 12.5 Å². The number of hydrogen-bond acceptors (Lipinski definition) is 3. The van der Waals surface area contributed by atoms with Gasteiger partial charge < -0.3 is 11.1 Å². The van der Waals surface area contributed by atoms with Gasteiger partial charge in [-0.25, -0.2) is 4.98 Å². The lowest BCUT2D eigenvalue weighted by Crippen LogP contribution is -2.12. The Labute approximate surface area is 122 Å². The zero-order valence-electron chi connectivity index (χ0n) is 10.6. The molecule has 0 radical (unpaired) electrons. The number of rotatable bonds is 2. The molecule has 0 aliphatic carbocycles. The Hall–Kier alpha value is -2.35. The van der Waals surface area contributed by atoms with Crippen LogP contribution in [-0.2, 0) is 0 Å². The number of nitrogens with two attached hydrogens (primary N) is 1. The number of carbonyl (C=O) groups excluding carboxylic acids is 1. The summed E-state index contributed by atoms with van der Waals surface area (Å²) in [5.41, 5.74) is 6.53. The molecule has 20 heavy (non-hydrogen) atoms. The van der Waals surface area contributed by atoms with Gasteiger partial charge in [0.2, 0.25) is 0 Å². The summed E-state index contributed by atoms with van der Waals surface area (Å²) in [7, 11) is 0. The van der Waals surface area contributed by atoms with E-state index in [0.29, 0.717) is 16.4 Å². The standard InChI is InChI=1S/C15H12ClN3O/c16-13-5-1-4-12(10-13)15(20)19-14-9-11(3-2-7-17)6-8-18-14/h1,4-6,8-10H,7,17H2,(H,18,19,20). The Bertz CT molecular complexity index is 689. The summed E-state index contributed by atoms with van der Waals surface area (Å²) in [6, 6.07) is 10.1. The zero-order chi connectivity index (χ0) is 14.4. The Morgan fingerprint density at radius 3 is 2.95 bits per heavy atom. The Balaban J connectivity index is 2.15. The van der Waals surface area contributed by atoms with Gasteiger partial charge in [0.05, 0.1) is 6.54 Å². The van der Waals surface area contributed by atoms with Crippen molar-refractivity contribution < 1.29 is 4.79 Å². The maximum Gasteiger partial charge on any atom is 0.256 e. The first-order valence-electron chi connectivity index (χ1n) is 5.91. The largest absolute Gasteiger partial charge is 0.320 e. The number of hydrogen-bond donors (Lipinski definition) is 2. The fourth-order valence-electron chi connectivity index (χ4n) is 1.55. The average Bonchev–Trinajstić information content (AvgIpc) is 2.45. The summed E-state index contributed by atoms with van der Waals surface area (Å²) >= 11 is 5.85. The van der Waals surface area contributed by atoms with E-state index >= 15 is 0 Å². The van der Waals surface area contributed by atoms with Crippen molar-refractivity contribution in [3.05, 3.63) is 58.7 Å². The monoisotopic (exact) mass is 285 g/mol. The summed E-state index contributed by atoms with van der Waals surface area (Å²) in [5, 5.41) is 3.20. The second-order valence-electron chi connectivity index (χ2n) is 3.90. The third kappa shape index (κ3) is 3.82. The molecular formula is C15H12ClN3O. The topological polar surface area (TPSA) is 68.0 Å². The second kappa shape index (κ2) is 6.71. The van der Waals surface area contributed by atoms with Crippen LogP contribution in [0.25, 0.3) is 0 Å². The number of halogens is 1. The molecule has 0 spiro atoms. The van der Waals surface area contributed by atoms with Crippen molar-refractivity contribution in [1.29, 1.82) is 0 Å². The first-order chi connectivity index (χ1) is 9.69. The average molecular weight is 286 g/mol. The molecule has 0 atom stereocenters. The van der Waals surface area contributed by atoms with Crippen LogP contribution in [0.2, 0.25) is 5.02 Å². The Morgan fingerprint density at radius 2 is 2.20 bits per heavy atom. The molecule has 1 aromatic carbocycles. The fourth-order valence-corrected chi connectivity index (χ4v) is 1.74. The van der Waals surface area contributed by atoms with Crippen molar-refractivity contribution in [3.63, 3.8) is 0 Å². The number of anilines is 1. The van der Waals surface area contributed by atoms with Crippen LogP contribution in [0, 0.1) is 11.8 Å². The van der Waals surface area contributed by atoms with E-state index in [1.165, 1.54) is 0 Å². The van der Waals surface area contributed by atoms with E-state index in [0.717, 1.165) is 5.56 Å². The molecule has 0 bridgehead atoms. The minimum absolute atomic E-state index is 0.274. The van der Waals surface area contributed by atoms with Crippen LogP contribution in [0.3, 0.4) is 0 Å². The van der Waals surface area contributed by atoms with Crippen molar-refractivity contribution in [3.8, 4) is 11.8 Å². The highest BCUT2D eigenvalue weighted by Gasteiger charge is 2.07. The van der Waals surface area contributed by atoms with E-state index in [1.54, 1.807) is 42.6 Å². The molecule has 3 N–H and O–H groups in total. The molecule has 0 saturated carbocycles. The van der Waals surface area contributed by atoms with Crippen LogP contribution in [0.15, 0.2) is 42.6 Å². The maximum atomic E-state index is 12.0. The van der Waals surface area contributed by atoms with Gasteiger partial charge in [0, 0.05) is 22.3 Å². The highest BCUT2D eigenvalue weighted by molar-refractivity contribution is 6.31. The Kier molecular flexibility index (Phi) is 4.72. The number of aromatic nitrogens is 1. The Morgan fingerprint density at radius 1 is 1.35 bits per heavy atom. The van der Waals surface area contributed by atoms with Crippen LogP contribution in [0.1, 0.15) is 15.9 Å². The first kappa shape index (κ1) is 14.1. The molecule has 4 nitrogen and oxygen atoms in total. The van der Waals surface area contributed by atoms with Gasteiger partial charge >= 0.3 is 0 Å². The van der Waals surface area contributed by atoms with Gasteiger partial charge in [-0.1, -0.05) is 29.5 Å². The number of pyridine rings is 1. The molecule has 100 valence electrons. The minimum atomic E-state index is -0.274. The molecule has 2 rings (SSSR count). The molecular weight excluding hydrogens is 274 g/mol. The van der Waals surface area contributed by atoms with Crippen LogP contribution in [0.5, 0.6) is 0 Å². The van der Waals surface area contributed by atoms with Gasteiger partial charge in [0.25, 0.3) is 5.91 Å². The third-order valence-corrected chi connectivity index (χ3v) is 2.66. The predicted octanol–water partition coefficient (Wildman–Crippen LogP) is 2.30.